The van der Waals surface area contributed by atoms with Crippen LogP contribution >= 0.6 is 0 Å². The number of fused-ring (bicyclic) bond motifs is 1. The summed E-state index contributed by atoms with van der Waals surface area (Å²) in [4.78, 5) is 17.0. The van der Waals surface area contributed by atoms with Crippen molar-refractivity contribution in [3.8, 4) is 0 Å². The fourth-order valence-corrected chi connectivity index (χ4v) is 3.40. The molecule has 0 spiro atoms. The minimum absolute atomic E-state index is 0.111. The third kappa shape index (κ3) is 2.06. The fourth-order valence-electron chi connectivity index (χ4n) is 3.40. The maximum atomic E-state index is 12.5. The van der Waals surface area contributed by atoms with Crippen LogP contribution in [0.5, 0.6) is 0 Å². The van der Waals surface area contributed by atoms with Gasteiger partial charge < -0.3 is 9.80 Å². The van der Waals surface area contributed by atoms with Gasteiger partial charge in [-0.25, -0.2) is 0 Å². The number of likely N-dealkylation sites (tertiary alicyclic amines) is 1. The lowest BCUT2D eigenvalue weighted by atomic mass is 9.81. The first-order chi connectivity index (χ1) is 8.75. The highest BCUT2D eigenvalue weighted by atomic mass is 16.1. The van der Waals surface area contributed by atoms with Crippen LogP contribution < -0.4 is 0 Å². The quantitative estimate of drug-likeness (QED) is 0.662. The summed E-state index contributed by atoms with van der Waals surface area (Å²) in [5, 5.41) is 0. The van der Waals surface area contributed by atoms with Gasteiger partial charge in [-0.1, -0.05) is 6.08 Å². The Morgan fingerprint density at radius 3 is 2.83 bits per heavy atom. The Morgan fingerprint density at radius 1 is 1.28 bits per heavy atom. The average molecular weight is 246 g/mol. The van der Waals surface area contributed by atoms with Crippen LogP contribution in [0.1, 0.15) is 32.1 Å². The molecule has 3 rings (SSSR count). The summed E-state index contributed by atoms with van der Waals surface area (Å²) in [6.45, 7) is 2.25. The molecule has 2 heterocycles. The second-order valence-electron chi connectivity index (χ2n) is 5.75. The largest absolute Gasteiger partial charge is 0.377 e. The maximum Gasteiger partial charge on any atom is 0.169 e. The van der Waals surface area contributed by atoms with E-state index < -0.39 is 0 Å². The van der Waals surface area contributed by atoms with Crippen molar-refractivity contribution >= 4 is 5.78 Å². The average Bonchev–Trinajstić information content (AvgIpc) is 2.77. The van der Waals surface area contributed by atoms with Gasteiger partial charge in [-0.3, -0.25) is 4.79 Å². The highest BCUT2D eigenvalue weighted by Crippen LogP contribution is 2.33. The molecule has 0 amide bonds. The Hall–Kier alpha value is -1.25. The highest BCUT2D eigenvalue weighted by molar-refractivity contribution is 5.99. The molecule has 1 saturated carbocycles. The van der Waals surface area contributed by atoms with E-state index in [0.29, 0.717) is 11.8 Å². The van der Waals surface area contributed by atoms with E-state index in [2.05, 4.69) is 35.3 Å². The molecule has 3 heteroatoms. The molecule has 98 valence electrons. The van der Waals surface area contributed by atoms with Gasteiger partial charge in [-0.2, -0.15) is 0 Å². The molecule has 3 aliphatic rings. The fraction of sp³-hybridized carbons (Fsp3) is 0.667. The molecule has 2 atom stereocenters. The molecule has 0 bridgehead atoms. The lowest BCUT2D eigenvalue weighted by Crippen LogP contribution is -2.38. The molecule has 3 nitrogen and oxygen atoms in total. The van der Waals surface area contributed by atoms with E-state index in [1.54, 1.807) is 0 Å². The van der Waals surface area contributed by atoms with Crippen LogP contribution in [0.25, 0.3) is 0 Å². The normalized spacial score (nSPS) is 34.3. The standard InChI is InChI=1S/C15H22N2O/c1-16-10-7-13-14(16)6-5-12(15(13)18)11-17-8-3-2-4-9-17/h7,10-11,13-14H,2-6,8-9H2,1H3/b12-11+. The molecule has 0 aromatic heterocycles. The minimum atomic E-state index is 0.111. The number of ketones is 1. The smallest absolute Gasteiger partial charge is 0.169 e. The van der Waals surface area contributed by atoms with Crippen LogP contribution in [-0.4, -0.2) is 41.8 Å². The van der Waals surface area contributed by atoms with Crippen LogP contribution in [0, 0.1) is 5.92 Å². The van der Waals surface area contributed by atoms with E-state index in [4.69, 9.17) is 0 Å². The molecule has 18 heavy (non-hydrogen) atoms. The topological polar surface area (TPSA) is 23.6 Å². The molecule has 2 fully saturated rings. The molecular formula is C15H22N2O. The van der Waals surface area contributed by atoms with Gasteiger partial charge in [0.1, 0.15) is 0 Å². The molecule has 0 aromatic carbocycles. The van der Waals surface area contributed by atoms with E-state index in [1.807, 2.05) is 0 Å². The lowest BCUT2D eigenvalue weighted by molar-refractivity contribution is -0.120. The van der Waals surface area contributed by atoms with Gasteiger partial charge in [-0.15, -0.1) is 0 Å². The third-order valence-electron chi connectivity index (χ3n) is 4.52. The van der Waals surface area contributed by atoms with Crippen LogP contribution in [0.3, 0.4) is 0 Å². The molecule has 1 aliphatic carbocycles. The molecule has 1 saturated heterocycles. The van der Waals surface area contributed by atoms with Crippen molar-refractivity contribution in [2.75, 3.05) is 20.1 Å². The van der Waals surface area contributed by atoms with E-state index >= 15 is 0 Å². The summed E-state index contributed by atoms with van der Waals surface area (Å²) in [6.07, 6.45) is 12.2. The Morgan fingerprint density at radius 2 is 2.06 bits per heavy atom. The van der Waals surface area contributed by atoms with E-state index in [1.165, 1.54) is 19.3 Å². The van der Waals surface area contributed by atoms with E-state index in [9.17, 15) is 4.79 Å². The van der Waals surface area contributed by atoms with Crippen LogP contribution in [0.2, 0.25) is 0 Å². The summed E-state index contributed by atoms with van der Waals surface area (Å²) < 4.78 is 0. The van der Waals surface area contributed by atoms with Crippen molar-refractivity contribution in [1.29, 1.82) is 0 Å². The van der Waals surface area contributed by atoms with Gasteiger partial charge in [0.05, 0.1) is 5.92 Å². The molecule has 2 aliphatic heterocycles. The van der Waals surface area contributed by atoms with E-state index in [0.717, 1.165) is 31.5 Å². The number of piperidine rings is 1. The minimum Gasteiger partial charge on any atom is -0.377 e. The van der Waals surface area contributed by atoms with Gasteiger partial charge in [0.2, 0.25) is 0 Å². The second kappa shape index (κ2) is 4.79. The first kappa shape index (κ1) is 11.8. The number of nitrogens with zero attached hydrogens (tertiary/aromatic N) is 2. The monoisotopic (exact) mass is 246 g/mol. The summed E-state index contributed by atoms with van der Waals surface area (Å²) >= 11 is 0. The number of carbonyl (C=O) groups excluding carboxylic acids is 1. The Kier molecular flexibility index (Phi) is 3.14. The molecule has 0 N–H and O–H groups in total. The van der Waals surface area contributed by atoms with Crippen LogP contribution in [-0.2, 0) is 4.79 Å². The van der Waals surface area contributed by atoms with Crippen LogP contribution in [0.4, 0.5) is 0 Å². The molecule has 0 radical (unpaired) electrons. The van der Waals surface area contributed by atoms with Crippen molar-refractivity contribution < 1.29 is 4.79 Å². The number of allylic oxidation sites excluding steroid dienone is 1. The van der Waals surface area contributed by atoms with Crippen molar-refractivity contribution in [2.45, 2.75) is 38.1 Å². The van der Waals surface area contributed by atoms with Crippen LogP contribution in [0.15, 0.2) is 24.0 Å². The van der Waals surface area contributed by atoms with Crippen molar-refractivity contribution in [2.24, 2.45) is 5.92 Å². The zero-order valence-corrected chi connectivity index (χ0v) is 11.1. The van der Waals surface area contributed by atoms with Gasteiger partial charge in [0.25, 0.3) is 0 Å². The molecule has 2 unspecified atom stereocenters. The number of Topliss-reactive ketones (excluding diaryl/α,β-unsaturated/α-hetero) is 1. The summed E-state index contributed by atoms with van der Waals surface area (Å²) in [7, 11) is 2.08. The third-order valence-corrected chi connectivity index (χ3v) is 4.52. The van der Waals surface area contributed by atoms with Gasteiger partial charge in [-0.05, 0) is 38.3 Å². The predicted molar refractivity (Wildman–Crippen MR) is 71.9 cm³/mol. The Balaban J connectivity index is 1.72. The lowest BCUT2D eigenvalue weighted by Gasteiger charge is -2.32. The maximum absolute atomic E-state index is 12.5. The number of rotatable bonds is 1. The van der Waals surface area contributed by atoms with Crippen molar-refractivity contribution in [3.05, 3.63) is 24.0 Å². The summed E-state index contributed by atoms with van der Waals surface area (Å²) in [5.41, 5.74) is 1.05. The van der Waals surface area contributed by atoms with Gasteiger partial charge in [0, 0.05) is 38.0 Å². The number of carbonyl (C=O) groups is 1. The summed E-state index contributed by atoms with van der Waals surface area (Å²) in [6, 6.07) is 0.413. The first-order valence-electron chi connectivity index (χ1n) is 7.15. The number of hydrogen-bond acceptors (Lipinski definition) is 3. The van der Waals surface area contributed by atoms with E-state index in [-0.39, 0.29) is 5.92 Å². The Bertz CT molecular complexity index is 393. The molecular weight excluding hydrogens is 224 g/mol. The SMILES string of the molecule is CN1C=CC2C(=O)/C(=C/N3CCCCC3)CCC21. The zero-order chi connectivity index (χ0) is 12.5. The van der Waals surface area contributed by atoms with Gasteiger partial charge in [0.15, 0.2) is 5.78 Å². The summed E-state index contributed by atoms with van der Waals surface area (Å²) in [5.74, 6) is 0.470. The van der Waals surface area contributed by atoms with Gasteiger partial charge >= 0.3 is 0 Å². The van der Waals surface area contributed by atoms with Crippen molar-refractivity contribution in [3.63, 3.8) is 0 Å². The molecule has 0 aromatic rings. The Labute approximate surface area is 109 Å². The first-order valence-corrected chi connectivity index (χ1v) is 7.15. The van der Waals surface area contributed by atoms with Crippen molar-refractivity contribution in [1.82, 2.24) is 9.80 Å². The number of hydrogen-bond donors (Lipinski definition) is 0. The highest BCUT2D eigenvalue weighted by Gasteiger charge is 2.37. The second-order valence-corrected chi connectivity index (χ2v) is 5.75. The zero-order valence-electron chi connectivity index (χ0n) is 11.1. The predicted octanol–water partition coefficient (Wildman–Crippen LogP) is 2.16.